The van der Waals surface area contributed by atoms with E-state index in [9.17, 15) is 14.3 Å². The first-order chi connectivity index (χ1) is 9.08. The second kappa shape index (κ2) is 6.09. The minimum absolute atomic E-state index is 0.00868. The number of benzene rings is 1. The first-order valence-corrected chi connectivity index (χ1v) is 7.03. The predicted octanol–water partition coefficient (Wildman–Crippen LogP) is 1.15. The summed E-state index contributed by atoms with van der Waals surface area (Å²) in [6.45, 7) is 2.19. The molecule has 2 rings (SSSR count). The lowest BCUT2D eigenvalue weighted by molar-refractivity contribution is -0.384. The molecule has 1 heterocycles. The predicted molar refractivity (Wildman–Crippen MR) is 70.6 cm³/mol. The molecular formula is C11H14N2O5S. The monoisotopic (exact) mass is 286 g/mol. The van der Waals surface area contributed by atoms with Gasteiger partial charge in [0.2, 0.25) is 0 Å². The fraction of sp³-hybridized carbons (Fsp3) is 0.455. The minimum Gasteiger partial charge on any atom is -0.378 e. The summed E-state index contributed by atoms with van der Waals surface area (Å²) in [4.78, 5) is 12.5. The lowest BCUT2D eigenvalue weighted by Gasteiger charge is -2.28. The Hall–Kier alpha value is -1.51. The highest BCUT2D eigenvalue weighted by Crippen LogP contribution is 2.30. The summed E-state index contributed by atoms with van der Waals surface area (Å²) in [5.41, 5.74) is 1.10. The number of nitro groups is 1. The molecule has 1 atom stereocenters. The number of morpholine rings is 1. The summed E-state index contributed by atoms with van der Waals surface area (Å²) >= 11 is -1.96. The van der Waals surface area contributed by atoms with Gasteiger partial charge in [-0.15, -0.1) is 0 Å². The number of rotatable bonds is 4. The van der Waals surface area contributed by atoms with E-state index in [1.54, 1.807) is 6.07 Å². The van der Waals surface area contributed by atoms with Gasteiger partial charge in [-0.1, -0.05) is 6.07 Å². The fourth-order valence-corrected chi connectivity index (χ4v) is 2.48. The highest BCUT2D eigenvalue weighted by molar-refractivity contribution is 7.78. The lowest BCUT2D eigenvalue weighted by atomic mass is 10.1. The second-order valence-corrected chi connectivity index (χ2v) is 5.08. The van der Waals surface area contributed by atoms with Gasteiger partial charge in [-0.25, -0.2) is 4.21 Å². The number of nitro benzene ring substituents is 1. The van der Waals surface area contributed by atoms with Crippen LogP contribution in [0.4, 0.5) is 11.4 Å². The molecule has 1 saturated heterocycles. The van der Waals surface area contributed by atoms with Gasteiger partial charge in [0.25, 0.3) is 5.69 Å². The van der Waals surface area contributed by atoms with E-state index in [0.29, 0.717) is 37.6 Å². The van der Waals surface area contributed by atoms with Gasteiger partial charge in [0, 0.05) is 19.2 Å². The van der Waals surface area contributed by atoms with Crippen molar-refractivity contribution in [2.45, 2.75) is 5.75 Å². The van der Waals surface area contributed by atoms with E-state index in [2.05, 4.69) is 0 Å². The topological polar surface area (TPSA) is 92.9 Å². The molecule has 1 aromatic carbocycles. The van der Waals surface area contributed by atoms with Crippen LogP contribution in [-0.4, -0.2) is 40.0 Å². The Morgan fingerprint density at radius 2 is 2.11 bits per heavy atom. The molecule has 0 aromatic heterocycles. The Bertz CT molecular complexity index is 502. The third-order valence-electron chi connectivity index (χ3n) is 2.88. The average molecular weight is 286 g/mol. The summed E-state index contributed by atoms with van der Waals surface area (Å²) in [6.07, 6.45) is 0. The average Bonchev–Trinajstić information content (AvgIpc) is 2.38. The molecule has 19 heavy (non-hydrogen) atoms. The van der Waals surface area contributed by atoms with Crippen molar-refractivity contribution in [2.24, 2.45) is 0 Å². The van der Waals surface area contributed by atoms with Crippen molar-refractivity contribution in [3.05, 3.63) is 33.9 Å². The Morgan fingerprint density at radius 3 is 2.68 bits per heavy atom. The first-order valence-electron chi connectivity index (χ1n) is 5.75. The first kappa shape index (κ1) is 13.9. The summed E-state index contributed by atoms with van der Waals surface area (Å²) < 4.78 is 24.9. The van der Waals surface area contributed by atoms with E-state index in [0.717, 1.165) is 0 Å². The van der Waals surface area contributed by atoms with Gasteiger partial charge in [0.15, 0.2) is 11.1 Å². The van der Waals surface area contributed by atoms with Crippen molar-refractivity contribution in [1.82, 2.24) is 0 Å². The number of hydrogen-bond donors (Lipinski definition) is 1. The molecule has 1 aliphatic heterocycles. The molecule has 1 aromatic rings. The second-order valence-electron chi connectivity index (χ2n) is 4.15. The minimum atomic E-state index is -1.96. The Balaban J connectivity index is 2.34. The van der Waals surface area contributed by atoms with Crippen LogP contribution < -0.4 is 4.90 Å². The zero-order valence-corrected chi connectivity index (χ0v) is 11.0. The van der Waals surface area contributed by atoms with Gasteiger partial charge < -0.3 is 14.2 Å². The third-order valence-corrected chi connectivity index (χ3v) is 3.46. The molecular weight excluding hydrogens is 272 g/mol. The van der Waals surface area contributed by atoms with Gasteiger partial charge in [-0.05, 0) is 11.6 Å². The molecule has 0 aliphatic carbocycles. The molecule has 0 spiro atoms. The highest BCUT2D eigenvalue weighted by Gasteiger charge is 2.21. The molecule has 1 fully saturated rings. The smallest absolute Gasteiger partial charge is 0.292 e. The van der Waals surface area contributed by atoms with Crippen LogP contribution in [0, 0.1) is 10.1 Å². The van der Waals surface area contributed by atoms with Crippen molar-refractivity contribution in [1.29, 1.82) is 0 Å². The van der Waals surface area contributed by atoms with E-state index in [1.807, 2.05) is 4.90 Å². The highest BCUT2D eigenvalue weighted by atomic mass is 32.2. The maximum Gasteiger partial charge on any atom is 0.292 e. The quantitative estimate of drug-likeness (QED) is 0.507. The SMILES string of the molecule is O=[N+]([O-])c1ccc(CS(=O)O)cc1N1CCOCC1. The molecule has 0 radical (unpaired) electrons. The fourth-order valence-electron chi connectivity index (χ4n) is 2.01. The van der Waals surface area contributed by atoms with Crippen LogP contribution in [0.15, 0.2) is 18.2 Å². The van der Waals surface area contributed by atoms with E-state index < -0.39 is 16.0 Å². The van der Waals surface area contributed by atoms with Gasteiger partial charge in [0.1, 0.15) is 5.69 Å². The maximum absolute atomic E-state index is 11.0. The summed E-state index contributed by atoms with van der Waals surface area (Å²) in [5.74, 6) is -0.0324. The maximum atomic E-state index is 11.0. The van der Waals surface area contributed by atoms with Crippen LogP contribution in [0.2, 0.25) is 0 Å². The summed E-state index contributed by atoms with van der Waals surface area (Å²) in [5, 5.41) is 11.0. The largest absolute Gasteiger partial charge is 0.378 e. The van der Waals surface area contributed by atoms with Crippen LogP contribution in [0.3, 0.4) is 0 Å². The number of hydrogen-bond acceptors (Lipinski definition) is 5. The van der Waals surface area contributed by atoms with E-state index in [4.69, 9.17) is 9.29 Å². The molecule has 104 valence electrons. The number of ether oxygens (including phenoxy) is 1. The number of nitrogens with zero attached hydrogens (tertiary/aromatic N) is 2. The van der Waals surface area contributed by atoms with Crippen molar-refractivity contribution in [2.75, 3.05) is 31.2 Å². The third kappa shape index (κ3) is 3.49. The van der Waals surface area contributed by atoms with Gasteiger partial charge in [-0.3, -0.25) is 10.1 Å². The van der Waals surface area contributed by atoms with Crippen LogP contribution in [0.25, 0.3) is 0 Å². The van der Waals surface area contributed by atoms with Crippen molar-refractivity contribution >= 4 is 22.5 Å². The molecule has 8 heteroatoms. The van der Waals surface area contributed by atoms with Crippen molar-refractivity contribution < 1.29 is 18.4 Å². The normalized spacial score (nSPS) is 17.2. The van der Waals surface area contributed by atoms with Gasteiger partial charge in [-0.2, -0.15) is 0 Å². The Kier molecular flexibility index (Phi) is 4.46. The van der Waals surface area contributed by atoms with Crippen LogP contribution >= 0.6 is 0 Å². The molecule has 1 N–H and O–H groups in total. The van der Waals surface area contributed by atoms with Crippen LogP contribution in [-0.2, 0) is 21.6 Å². The van der Waals surface area contributed by atoms with Crippen LogP contribution in [0.5, 0.6) is 0 Å². The molecule has 0 amide bonds. The molecule has 1 unspecified atom stereocenters. The Morgan fingerprint density at radius 1 is 1.42 bits per heavy atom. The van der Waals surface area contributed by atoms with Crippen molar-refractivity contribution in [3.8, 4) is 0 Å². The molecule has 0 bridgehead atoms. The summed E-state index contributed by atoms with van der Waals surface area (Å²) in [6, 6.07) is 4.50. The molecule has 7 nitrogen and oxygen atoms in total. The van der Waals surface area contributed by atoms with Gasteiger partial charge >= 0.3 is 0 Å². The standard InChI is InChI=1S/C11H14N2O5S/c14-13(15)10-2-1-9(8-19(16)17)7-11(10)12-3-5-18-6-4-12/h1-2,7H,3-6,8H2,(H,16,17). The van der Waals surface area contributed by atoms with Crippen LogP contribution in [0.1, 0.15) is 5.56 Å². The van der Waals surface area contributed by atoms with E-state index in [1.165, 1.54) is 12.1 Å². The molecule has 1 aliphatic rings. The summed E-state index contributed by atoms with van der Waals surface area (Å²) in [7, 11) is 0. The van der Waals surface area contributed by atoms with Crippen molar-refractivity contribution in [3.63, 3.8) is 0 Å². The zero-order valence-electron chi connectivity index (χ0n) is 10.2. The Labute approximate surface area is 112 Å². The van der Waals surface area contributed by atoms with E-state index in [-0.39, 0.29) is 11.4 Å². The lowest BCUT2D eigenvalue weighted by Crippen LogP contribution is -2.36. The zero-order chi connectivity index (χ0) is 13.8. The van der Waals surface area contributed by atoms with E-state index >= 15 is 0 Å². The molecule has 0 saturated carbocycles. The number of anilines is 1. The van der Waals surface area contributed by atoms with Gasteiger partial charge in [0.05, 0.1) is 23.9 Å².